The molecule has 1 atom stereocenters. The van der Waals surface area contributed by atoms with Gasteiger partial charge in [-0.1, -0.05) is 6.07 Å². The van der Waals surface area contributed by atoms with Crippen LogP contribution in [-0.2, 0) is 16.6 Å². The summed E-state index contributed by atoms with van der Waals surface area (Å²) in [6, 6.07) is 10.5. The first-order valence-corrected chi connectivity index (χ1v) is 17.3. The van der Waals surface area contributed by atoms with E-state index in [0.29, 0.717) is 43.4 Å². The number of benzene rings is 1. The van der Waals surface area contributed by atoms with E-state index in [-0.39, 0.29) is 18.0 Å². The Morgan fingerprint density at radius 3 is 2.59 bits per heavy atom. The Morgan fingerprint density at radius 1 is 1.14 bits per heavy atom. The molecule has 44 heavy (non-hydrogen) atoms. The summed E-state index contributed by atoms with van der Waals surface area (Å²) in [5, 5.41) is 6.20. The van der Waals surface area contributed by atoms with Gasteiger partial charge in [0.05, 0.1) is 36.2 Å². The fourth-order valence-electron chi connectivity index (χ4n) is 6.74. The third kappa shape index (κ3) is 5.12. The summed E-state index contributed by atoms with van der Waals surface area (Å²) in [5.74, 6) is 1.20. The fourth-order valence-corrected chi connectivity index (χ4v) is 7.41. The number of pyridine rings is 1. The van der Waals surface area contributed by atoms with E-state index in [2.05, 4.69) is 40.7 Å². The van der Waals surface area contributed by atoms with Crippen molar-refractivity contribution in [2.24, 2.45) is 11.7 Å². The third-order valence-corrected chi connectivity index (χ3v) is 11.0. The van der Waals surface area contributed by atoms with Crippen LogP contribution in [0.5, 0.6) is 5.75 Å². The van der Waals surface area contributed by atoms with Gasteiger partial charge in [0.15, 0.2) is 0 Å². The normalized spacial score (nSPS) is 19.7. The number of hydrogen-bond acceptors (Lipinski definition) is 7. The van der Waals surface area contributed by atoms with Crippen molar-refractivity contribution in [1.82, 2.24) is 23.4 Å². The molecule has 0 unspecified atom stereocenters. The highest BCUT2D eigenvalue weighted by molar-refractivity contribution is 7.88. The lowest BCUT2D eigenvalue weighted by molar-refractivity contribution is 0.0707. The smallest absolute Gasteiger partial charge is 0.255 e. The van der Waals surface area contributed by atoms with Crippen molar-refractivity contribution in [2.75, 3.05) is 51.5 Å². The SMILES string of the molecule is COc1cc(C(=O)N2CCC[C@@H](N)C2)cn2nc(-c3cc4ccc(N5CC(N(C)S(C)(=O)=O)C5)cc4n3CC3CC3)c(C)c12. The molecule has 1 saturated carbocycles. The average molecular weight is 620 g/mol. The van der Waals surface area contributed by atoms with Gasteiger partial charge in [-0.3, -0.25) is 4.79 Å². The minimum Gasteiger partial charge on any atom is -0.494 e. The molecule has 4 aromatic rings. The van der Waals surface area contributed by atoms with E-state index in [0.717, 1.165) is 58.4 Å². The highest BCUT2D eigenvalue weighted by Gasteiger charge is 2.35. The summed E-state index contributed by atoms with van der Waals surface area (Å²) < 4.78 is 35.5. The number of amides is 1. The molecular weight excluding hydrogens is 578 g/mol. The predicted octanol–water partition coefficient (Wildman–Crippen LogP) is 3.33. The van der Waals surface area contributed by atoms with Gasteiger partial charge in [0, 0.05) is 68.6 Å². The monoisotopic (exact) mass is 619 g/mol. The lowest BCUT2D eigenvalue weighted by atomic mass is 10.1. The second kappa shape index (κ2) is 10.8. The molecule has 11 nitrogen and oxygen atoms in total. The minimum absolute atomic E-state index is 0.00197. The Balaban J connectivity index is 1.26. The van der Waals surface area contributed by atoms with Gasteiger partial charge in [0.25, 0.3) is 5.91 Å². The number of nitrogens with zero attached hydrogens (tertiary/aromatic N) is 6. The summed E-state index contributed by atoms with van der Waals surface area (Å²) >= 11 is 0. The molecule has 3 aromatic heterocycles. The standard InChI is InChI=1S/C32H41N7O4S/c1-20-30(34-39-16-23(13-29(43-3)31(20)39)32(40)36-11-5-6-24(33)17-36)28-12-22-9-10-25(14-27(22)38(28)15-21-7-8-21)37-18-26(19-37)35(2)44(4,41)42/h9-10,12-14,16,21,24,26H,5-8,11,15,17-19,33H2,1-4H3/t24-/m1/s1. The molecule has 12 heteroatoms. The van der Waals surface area contributed by atoms with Crippen molar-refractivity contribution in [3.63, 3.8) is 0 Å². The van der Waals surface area contributed by atoms with E-state index >= 15 is 0 Å². The van der Waals surface area contributed by atoms with Gasteiger partial charge >= 0.3 is 0 Å². The Labute approximate surface area is 258 Å². The van der Waals surface area contributed by atoms with Crippen molar-refractivity contribution in [2.45, 2.75) is 51.2 Å². The molecule has 2 saturated heterocycles. The second-order valence-corrected chi connectivity index (χ2v) is 14.9. The summed E-state index contributed by atoms with van der Waals surface area (Å²) in [6.45, 7) is 5.56. The van der Waals surface area contributed by atoms with Crippen LogP contribution in [0.3, 0.4) is 0 Å². The largest absolute Gasteiger partial charge is 0.494 e. The van der Waals surface area contributed by atoms with Crippen LogP contribution in [0, 0.1) is 12.8 Å². The zero-order valence-electron chi connectivity index (χ0n) is 25.9. The number of likely N-dealkylation sites (tertiary alicyclic amines) is 1. The molecule has 0 bridgehead atoms. The van der Waals surface area contributed by atoms with Crippen molar-refractivity contribution in [1.29, 1.82) is 0 Å². The van der Waals surface area contributed by atoms with Crippen molar-refractivity contribution >= 4 is 38.0 Å². The Hall–Kier alpha value is -3.61. The molecule has 5 heterocycles. The number of hydrogen-bond donors (Lipinski definition) is 1. The number of piperidine rings is 1. The van der Waals surface area contributed by atoms with Crippen LogP contribution in [0.15, 0.2) is 36.5 Å². The fraction of sp³-hybridized carbons (Fsp3) is 0.500. The van der Waals surface area contributed by atoms with Gasteiger partial charge in [0.1, 0.15) is 17.0 Å². The van der Waals surface area contributed by atoms with Crippen LogP contribution >= 0.6 is 0 Å². The van der Waals surface area contributed by atoms with Gasteiger partial charge in [-0.05, 0) is 62.8 Å². The highest BCUT2D eigenvalue weighted by atomic mass is 32.2. The number of aromatic nitrogens is 3. The van der Waals surface area contributed by atoms with Crippen LogP contribution in [0.25, 0.3) is 27.8 Å². The molecule has 1 aliphatic carbocycles. The number of anilines is 1. The lowest BCUT2D eigenvalue weighted by Gasteiger charge is -2.44. The molecule has 3 fully saturated rings. The number of likely N-dealkylation sites (N-methyl/N-ethyl adjacent to an activating group) is 1. The van der Waals surface area contributed by atoms with E-state index in [1.165, 1.54) is 23.4 Å². The average Bonchev–Trinajstić information content (AvgIpc) is 3.64. The Morgan fingerprint density at radius 2 is 1.91 bits per heavy atom. The Bertz CT molecular complexity index is 1870. The quantitative estimate of drug-likeness (QED) is 0.322. The van der Waals surface area contributed by atoms with E-state index in [4.69, 9.17) is 15.6 Å². The van der Waals surface area contributed by atoms with Crippen LogP contribution in [0.4, 0.5) is 5.69 Å². The maximum atomic E-state index is 13.5. The number of sulfonamides is 1. The van der Waals surface area contributed by atoms with Crippen LogP contribution in [0.2, 0.25) is 0 Å². The summed E-state index contributed by atoms with van der Waals surface area (Å²) in [6.07, 6.45) is 7.34. The first kappa shape index (κ1) is 29.1. The second-order valence-electron chi connectivity index (χ2n) is 12.9. The molecule has 3 aliphatic rings. The first-order valence-electron chi connectivity index (χ1n) is 15.4. The number of carbonyl (C=O) groups is 1. The van der Waals surface area contributed by atoms with Crippen LogP contribution in [-0.4, -0.2) is 96.4 Å². The van der Waals surface area contributed by atoms with E-state index in [1.54, 1.807) is 18.7 Å². The number of ether oxygens (including phenoxy) is 1. The van der Waals surface area contributed by atoms with Crippen LogP contribution < -0.4 is 15.4 Å². The molecule has 1 amide bonds. The molecule has 0 radical (unpaired) electrons. The number of aryl methyl sites for hydroxylation is 1. The third-order valence-electron chi connectivity index (χ3n) is 9.67. The first-order chi connectivity index (χ1) is 21.0. The number of fused-ring (bicyclic) bond motifs is 2. The van der Waals surface area contributed by atoms with Gasteiger partial charge in [-0.25, -0.2) is 12.9 Å². The van der Waals surface area contributed by atoms with Crippen LogP contribution in [0.1, 0.15) is 41.6 Å². The van der Waals surface area contributed by atoms with E-state index in [1.807, 2.05) is 17.2 Å². The highest BCUT2D eigenvalue weighted by Crippen LogP contribution is 2.40. The maximum absolute atomic E-state index is 13.5. The number of methoxy groups -OCH3 is 1. The molecule has 234 valence electrons. The minimum atomic E-state index is -3.22. The summed E-state index contributed by atoms with van der Waals surface area (Å²) in [4.78, 5) is 17.5. The van der Waals surface area contributed by atoms with E-state index < -0.39 is 10.0 Å². The van der Waals surface area contributed by atoms with Crippen molar-refractivity contribution in [3.8, 4) is 17.1 Å². The predicted molar refractivity (Wildman–Crippen MR) is 172 cm³/mol. The topological polar surface area (TPSA) is 118 Å². The van der Waals surface area contributed by atoms with Crippen molar-refractivity contribution < 1.29 is 17.9 Å². The molecule has 1 aromatic carbocycles. The van der Waals surface area contributed by atoms with Crippen molar-refractivity contribution in [3.05, 3.63) is 47.7 Å². The lowest BCUT2D eigenvalue weighted by Crippen LogP contribution is -2.59. The number of rotatable bonds is 8. The van der Waals surface area contributed by atoms with Gasteiger partial charge in [-0.15, -0.1) is 0 Å². The molecule has 2 N–H and O–H groups in total. The molecule has 7 rings (SSSR count). The maximum Gasteiger partial charge on any atom is 0.255 e. The molecule has 0 spiro atoms. The number of carbonyl (C=O) groups excluding carboxylic acids is 1. The zero-order chi connectivity index (χ0) is 30.9. The molecule has 2 aliphatic heterocycles. The Kier molecular flexibility index (Phi) is 7.13. The summed E-state index contributed by atoms with van der Waals surface area (Å²) in [5.41, 5.74) is 12.7. The van der Waals surface area contributed by atoms with E-state index in [9.17, 15) is 13.2 Å². The summed E-state index contributed by atoms with van der Waals surface area (Å²) in [7, 11) is 0.0644. The van der Waals surface area contributed by atoms with Gasteiger partial charge < -0.3 is 24.8 Å². The molecular formula is C32H41N7O4S. The van der Waals surface area contributed by atoms with Gasteiger partial charge in [-0.2, -0.15) is 9.40 Å². The van der Waals surface area contributed by atoms with Gasteiger partial charge in [0.2, 0.25) is 10.0 Å². The number of nitrogens with two attached hydrogens (primary N) is 1. The zero-order valence-corrected chi connectivity index (χ0v) is 26.7.